The summed E-state index contributed by atoms with van der Waals surface area (Å²) in [5.74, 6) is 0.820. The predicted molar refractivity (Wildman–Crippen MR) is 64.7 cm³/mol. The fourth-order valence-corrected chi connectivity index (χ4v) is 3.03. The van der Waals surface area contributed by atoms with Crippen LogP contribution in [0.1, 0.15) is 58.3 Å². The van der Waals surface area contributed by atoms with Crippen LogP contribution in [-0.4, -0.2) is 18.3 Å². The van der Waals surface area contributed by atoms with E-state index in [-0.39, 0.29) is 12.0 Å². The fourth-order valence-electron chi connectivity index (χ4n) is 3.03. The Kier molecular flexibility index (Phi) is 5.62. The third-order valence-corrected chi connectivity index (χ3v) is 4.00. The second kappa shape index (κ2) is 6.49. The molecule has 1 rings (SSSR count). The van der Waals surface area contributed by atoms with Gasteiger partial charge in [-0.15, -0.1) is 0 Å². The molecule has 1 aliphatic rings. The van der Waals surface area contributed by atoms with Crippen LogP contribution in [0.15, 0.2) is 0 Å². The Balaban J connectivity index is 2.47. The topological polar surface area (TPSA) is 46.2 Å². The number of rotatable bonds is 6. The summed E-state index contributed by atoms with van der Waals surface area (Å²) in [6.45, 7) is 3.10. The molecule has 0 heterocycles. The summed E-state index contributed by atoms with van der Waals surface area (Å²) in [5.41, 5.74) is 5.89. The molecule has 0 bridgehead atoms. The van der Waals surface area contributed by atoms with Gasteiger partial charge >= 0.3 is 0 Å². The van der Waals surface area contributed by atoms with E-state index in [1.807, 2.05) is 0 Å². The Morgan fingerprint density at radius 3 is 2.40 bits per heavy atom. The molecule has 0 spiro atoms. The number of aliphatic hydroxyl groups is 1. The van der Waals surface area contributed by atoms with Crippen molar-refractivity contribution in [3.8, 4) is 0 Å². The van der Waals surface area contributed by atoms with Gasteiger partial charge in [0.1, 0.15) is 0 Å². The first-order valence-corrected chi connectivity index (χ1v) is 6.57. The second-order valence-electron chi connectivity index (χ2n) is 5.32. The van der Waals surface area contributed by atoms with Crippen molar-refractivity contribution in [3.63, 3.8) is 0 Å². The van der Waals surface area contributed by atoms with Gasteiger partial charge in [-0.2, -0.15) is 0 Å². The van der Waals surface area contributed by atoms with Gasteiger partial charge in [0.2, 0.25) is 0 Å². The molecule has 1 saturated carbocycles. The molecule has 0 aromatic rings. The fraction of sp³-hybridized carbons (Fsp3) is 1.00. The van der Waals surface area contributed by atoms with Gasteiger partial charge in [-0.25, -0.2) is 0 Å². The van der Waals surface area contributed by atoms with E-state index in [0.717, 1.165) is 25.2 Å². The summed E-state index contributed by atoms with van der Waals surface area (Å²) < 4.78 is 0. The SMILES string of the molecule is CCCC(CN)(CO)CC1CCCCC1. The van der Waals surface area contributed by atoms with Gasteiger partial charge in [0.05, 0.1) is 0 Å². The van der Waals surface area contributed by atoms with Gasteiger partial charge in [0.15, 0.2) is 0 Å². The maximum absolute atomic E-state index is 9.56. The first kappa shape index (κ1) is 13.0. The maximum Gasteiger partial charge on any atom is 0.0499 e. The average molecular weight is 213 g/mol. The van der Waals surface area contributed by atoms with Crippen molar-refractivity contribution in [1.82, 2.24) is 0 Å². The van der Waals surface area contributed by atoms with Crippen LogP contribution in [0.4, 0.5) is 0 Å². The van der Waals surface area contributed by atoms with Crippen LogP contribution in [-0.2, 0) is 0 Å². The van der Waals surface area contributed by atoms with E-state index in [4.69, 9.17) is 5.73 Å². The molecular formula is C13H27NO. The molecule has 0 saturated heterocycles. The van der Waals surface area contributed by atoms with Crippen molar-refractivity contribution in [2.45, 2.75) is 58.3 Å². The monoisotopic (exact) mass is 213 g/mol. The minimum absolute atomic E-state index is 0.0246. The van der Waals surface area contributed by atoms with Crippen molar-refractivity contribution in [3.05, 3.63) is 0 Å². The zero-order valence-corrected chi connectivity index (χ0v) is 10.2. The van der Waals surface area contributed by atoms with Gasteiger partial charge in [-0.1, -0.05) is 45.4 Å². The second-order valence-corrected chi connectivity index (χ2v) is 5.32. The van der Waals surface area contributed by atoms with Crippen LogP contribution in [0.25, 0.3) is 0 Å². The highest BCUT2D eigenvalue weighted by atomic mass is 16.3. The van der Waals surface area contributed by atoms with E-state index in [1.54, 1.807) is 0 Å². The van der Waals surface area contributed by atoms with Gasteiger partial charge in [-0.3, -0.25) is 0 Å². The molecule has 1 unspecified atom stereocenters. The van der Waals surface area contributed by atoms with E-state index in [0.29, 0.717) is 6.54 Å². The lowest BCUT2D eigenvalue weighted by Gasteiger charge is -2.35. The van der Waals surface area contributed by atoms with E-state index in [2.05, 4.69) is 6.92 Å². The molecule has 0 aliphatic heterocycles. The number of nitrogens with two attached hydrogens (primary N) is 1. The predicted octanol–water partition coefficient (Wildman–Crippen LogP) is 2.69. The Bertz CT molecular complexity index is 160. The van der Waals surface area contributed by atoms with Gasteiger partial charge in [-0.05, 0) is 18.8 Å². The normalized spacial score (nSPS) is 22.6. The molecule has 1 fully saturated rings. The van der Waals surface area contributed by atoms with E-state index >= 15 is 0 Å². The Morgan fingerprint density at radius 1 is 1.27 bits per heavy atom. The summed E-state index contributed by atoms with van der Waals surface area (Å²) in [6, 6.07) is 0. The van der Waals surface area contributed by atoms with Crippen molar-refractivity contribution in [1.29, 1.82) is 0 Å². The number of hydrogen-bond donors (Lipinski definition) is 2. The van der Waals surface area contributed by atoms with Gasteiger partial charge in [0.25, 0.3) is 0 Å². The molecular weight excluding hydrogens is 186 g/mol. The number of aliphatic hydroxyl groups excluding tert-OH is 1. The molecule has 1 atom stereocenters. The van der Waals surface area contributed by atoms with Crippen LogP contribution in [0, 0.1) is 11.3 Å². The third-order valence-electron chi connectivity index (χ3n) is 4.00. The molecule has 0 aromatic heterocycles. The highest BCUT2D eigenvalue weighted by Crippen LogP contribution is 2.36. The van der Waals surface area contributed by atoms with Crippen LogP contribution < -0.4 is 5.73 Å². The molecule has 15 heavy (non-hydrogen) atoms. The van der Waals surface area contributed by atoms with E-state index in [9.17, 15) is 5.11 Å². The lowest BCUT2D eigenvalue weighted by molar-refractivity contribution is 0.0837. The highest BCUT2D eigenvalue weighted by molar-refractivity contribution is 4.83. The lowest BCUT2D eigenvalue weighted by Crippen LogP contribution is -2.36. The Hall–Kier alpha value is -0.0800. The molecule has 2 heteroatoms. The zero-order valence-electron chi connectivity index (χ0n) is 10.2. The van der Waals surface area contributed by atoms with E-state index < -0.39 is 0 Å². The quantitative estimate of drug-likeness (QED) is 0.712. The third kappa shape index (κ3) is 3.76. The average Bonchev–Trinajstić information content (AvgIpc) is 2.30. The molecule has 1 aliphatic carbocycles. The lowest BCUT2D eigenvalue weighted by atomic mass is 9.72. The largest absolute Gasteiger partial charge is 0.396 e. The van der Waals surface area contributed by atoms with Gasteiger partial charge < -0.3 is 10.8 Å². The minimum Gasteiger partial charge on any atom is -0.396 e. The first-order valence-electron chi connectivity index (χ1n) is 6.57. The standard InChI is InChI=1S/C13H27NO/c1-2-8-13(10-14,11-15)9-12-6-4-3-5-7-12/h12,15H,2-11,14H2,1H3. The highest BCUT2D eigenvalue weighted by Gasteiger charge is 2.30. The Morgan fingerprint density at radius 2 is 1.93 bits per heavy atom. The minimum atomic E-state index is 0.0246. The van der Waals surface area contributed by atoms with Crippen molar-refractivity contribution in [2.75, 3.05) is 13.2 Å². The molecule has 3 N–H and O–H groups in total. The summed E-state index contributed by atoms with van der Waals surface area (Å²) in [5, 5.41) is 9.56. The molecule has 0 amide bonds. The molecule has 0 aromatic carbocycles. The summed E-state index contributed by atoms with van der Waals surface area (Å²) in [4.78, 5) is 0. The van der Waals surface area contributed by atoms with Crippen LogP contribution >= 0.6 is 0 Å². The molecule has 2 nitrogen and oxygen atoms in total. The van der Waals surface area contributed by atoms with E-state index in [1.165, 1.54) is 32.1 Å². The van der Waals surface area contributed by atoms with Crippen LogP contribution in [0.5, 0.6) is 0 Å². The van der Waals surface area contributed by atoms with Crippen molar-refractivity contribution in [2.24, 2.45) is 17.1 Å². The summed E-state index contributed by atoms with van der Waals surface area (Å²) >= 11 is 0. The van der Waals surface area contributed by atoms with Crippen molar-refractivity contribution >= 4 is 0 Å². The van der Waals surface area contributed by atoms with Crippen molar-refractivity contribution < 1.29 is 5.11 Å². The van der Waals surface area contributed by atoms with Crippen LogP contribution in [0.2, 0.25) is 0 Å². The zero-order chi connectivity index (χ0) is 11.1. The van der Waals surface area contributed by atoms with Crippen LogP contribution in [0.3, 0.4) is 0 Å². The summed E-state index contributed by atoms with van der Waals surface area (Å²) in [7, 11) is 0. The first-order chi connectivity index (χ1) is 7.26. The summed E-state index contributed by atoms with van der Waals surface area (Å²) in [6.07, 6.45) is 10.2. The Labute approximate surface area is 94.2 Å². The smallest absolute Gasteiger partial charge is 0.0499 e. The van der Waals surface area contributed by atoms with Gasteiger partial charge in [0, 0.05) is 18.6 Å². The molecule has 90 valence electrons. The maximum atomic E-state index is 9.56. The molecule has 0 radical (unpaired) electrons. The number of hydrogen-bond acceptors (Lipinski definition) is 2.